The summed E-state index contributed by atoms with van der Waals surface area (Å²) in [7, 11) is 0. The SMILES string of the molecule is C=C=C(C)CCO[C@H]1O[C@H](CO)[C@@H](O)[C@H](O)[C@@H]1O[C@H]1O[C@H](CO)[C@@H](O)[C@H](O)[C@@H]1O. The second kappa shape index (κ2) is 10.9. The fraction of sp³-hybridized carbons (Fsp3) is 0.833. The van der Waals surface area contributed by atoms with Crippen molar-refractivity contribution in [3.8, 4) is 0 Å². The quantitative estimate of drug-likeness (QED) is 0.195. The Balaban J connectivity index is 2.14. The Morgan fingerprint density at radius 1 is 0.862 bits per heavy atom. The molecule has 2 saturated heterocycles. The Kier molecular flexibility index (Phi) is 9.16. The molecule has 10 atom stereocenters. The van der Waals surface area contributed by atoms with Gasteiger partial charge in [0.25, 0.3) is 0 Å². The van der Waals surface area contributed by atoms with Gasteiger partial charge in [0.2, 0.25) is 0 Å². The van der Waals surface area contributed by atoms with Crippen LogP contribution in [0.3, 0.4) is 0 Å². The zero-order chi connectivity index (χ0) is 21.7. The smallest absolute Gasteiger partial charge is 0.187 e. The zero-order valence-electron chi connectivity index (χ0n) is 16.1. The van der Waals surface area contributed by atoms with Crippen molar-refractivity contribution in [1.82, 2.24) is 0 Å². The van der Waals surface area contributed by atoms with E-state index in [1.165, 1.54) is 0 Å². The van der Waals surface area contributed by atoms with E-state index >= 15 is 0 Å². The van der Waals surface area contributed by atoms with Crippen LogP contribution < -0.4 is 0 Å². The minimum absolute atomic E-state index is 0.120. The molecule has 0 unspecified atom stereocenters. The fourth-order valence-electron chi connectivity index (χ4n) is 3.09. The summed E-state index contributed by atoms with van der Waals surface area (Å²) < 4.78 is 21.9. The summed E-state index contributed by atoms with van der Waals surface area (Å²) in [6.07, 6.45) is -14.2. The minimum Gasteiger partial charge on any atom is -0.394 e. The van der Waals surface area contributed by atoms with E-state index in [1.54, 1.807) is 6.92 Å². The van der Waals surface area contributed by atoms with Crippen LogP contribution in [0.4, 0.5) is 0 Å². The van der Waals surface area contributed by atoms with E-state index in [9.17, 15) is 35.7 Å². The molecule has 0 radical (unpaired) electrons. The summed E-state index contributed by atoms with van der Waals surface area (Å²) in [5, 5.41) is 69.1. The van der Waals surface area contributed by atoms with E-state index in [1.807, 2.05) is 0 Å². The van der Waals surface area contributed by atoms with Crippen LogP contribution in [-0.2, 0) is 18.9 Å². The van der Waals surface area contributed by atoms with Gasteiger partial charge in [-0.2, -0.15) is 0 Å². The summed E-state index contributed by atoms with van der Waals surface area (Å²) in [5.74, 6) is 0. The first-order chi connectivity index (χ1) is 13.7. The minimum atomic E-state index is -1.71. The largest absolute Gasteiger partial charge is 0.394 e. The molecule has 0 spiro atoms. The molecule has 168 valence electrons. The maximum absolute atomic E-state index is 10.4. The molecule has 0 bridgehead atoms. The summed E-state index contributed by atoms with van der Waals surface area (Å²) in [6, 6.07) is 0. The Hall–Kier alpha value is -0.920. The average Bonchev–Trinajstić information content (AvgIpc) is 2.72. The number of hydrogen-bond acceptors (Lipinski definition) is 11. The van der Waals surface area contributed by atoms with Gasteiger partial charge in [-0.25, -0.2) is 0 Å². The number of aliphatic hydroxyl groups excluding tert-OH is 7. The van der Waals surface area contributed by atoms with Crippen LogP contribution in [0.25, 0.3) is 0 Å². The summed E-state index contributed by atoms with van der Waals surface area (Å²) in [4.78, 5) is 0. The molecule has 29 heavy (non-hydrogen) atoms. The molecule has 11 nitrogen and oxygen atoms in total. The van der Waals surface area contributed by atoms with Gasteiger partial charge >= 0.3 is 0 Å². The maximum Gasteiger partial charge on any atom is 0.187 e. The third-order valence-electron chi connectivity index (χ3n) is 5.03. The van der Waals surface area contributed by atoms with Crippen molar-refractivity contribution in [2.24, 2.45) is 0 Å². The van der Waals surface area contributed by atoms with Gasteiger partial charge in [-0.3, -0.25) is 0 Å². The molecule has 0 aliphatic carbocycles. The van der Waals surface area contributed by atoms with E-state index in [-0.39, 0.29) is 6.61 Å². The van der Waals surface area contributed by atoms with E-state index in [2.05, 4.69) is 12.3 Å². The highest BCUT2D eigenvalue weighted by molar-refractivity contribution is 4.95. The van der Waals surface area contributed by atoms with Gasteiger partial charge in [0.15, 0.2) is 12.6 Å². The molecular formula is C18H30O11. The molecular weight excluding hydrogens is 392 g/mol. The lowest BCUT2D eigenvalue weighted by Crippen LogP contribution is -2.64. The van der Waals surface area contributed by atoms with E-state index in [4.69, 9.17) is 18.9 Å². The van der Waals surface area contributed by atoms with Crippen molar-refractivity contribution in [2.45, 2.75) is 74.8 Å². The first kappa shape index (κ1) is 24.4. The Morgan fingerprint density at radius 2 is 1.41 bits per heavy atom. The molecule has 11 heteroatoms. The van der Waals surface area contributed by atoms with E-state index in [0.29, 0.717) is 6.42 Å². The molecule has 2 aliphatic rings. The van der Waals surface area contributed by atoms with Crippen LogP contribution in [0.5, 0.6) is 0 Å². The van der Waals surface area contributed by atoms with Crippen LogP contribution >= 0.6 is 0 Å². The van der Waals surface area contributed by atoms with Gasteiger partial charge in [-0.05, 0) is 18.9 Å². The Bertz CT molecular complexity index is 564. The van der Waals surface area contributed by atoms with Crippen molar-refractivity contribution >= 4 is 0 Å². The highest BCUT2D eigenvalue weighted by Gasteiger charge is 2.50. The molecule has 2 aliphatic heterocycles. The zero-order valence-corrected chi connectivity index (χ0v) is 16.1. The number of rotatable bonds is 8. The molecule has 0 aromatic carbocycles. The van der Waals surface area contributed by atoms with Crippen LogP contribution in [-0.4, -0.2) is 117 Å². The van der Waals surface area contributed by atoms with Gasteiger partial charge in [0.1, 0.15) is 48.8 Å². The number of aliphatic hydroxyl groups is 7. The van der Waals surface area contributed by atoms with Crippen molar-refractivity contribution in [1.29, 1.82) is 0 Å². The number of ether oxygens (including phenoxy) is 4. The lowest BCUT2D eigenvalue weighted by atomic mass is 9.97. The summed E-state index contributed by atoms with van der Waals surface area (Å²) in [6.45, 7) is 4.18. The normalized spacial score (nSPS) is 43.0. The van der Waals surface area contributed by atoms with E-state index < -0.39 is 74.6 Å². The molecule has 2 fully saturated rings. The number of hydrogen-bond donors (Lipinski definition) is 7. The van der Waals surface area contributed by atoms with Crippen LogP contribution in [0.2, 0.25) is 0 Å². The van der Waals surface area contributed by atoms with Crippen LogP contribution in [0, 0.1) is 0 Å². The van der Waals surface area contributed by atoms with Gasteiger partial charge < -0.3 is 54.7 Å². The van der Waals surface area contributed by atoms with Gasteiger partial charge in [0, 0.05) is 0 Å². The lowest BCUT2D eigenvalue weighted by Gasteiger charge is -2.45. The maximum atomic E-state index is 10.4. The van der Waals surface area contributed by atoms with Gasteiger partial charge in [-0.1, -0.05) is 6.58 Å². The van der Waals surface area contributed by atoms with Crippen LogP contribution in [0.1, 0.15) is 13.3 Å². The molecule has 0 saturated carbocycles. The van der Waals surface area contributed by atoms with Crippen molar-refractivity contribution in [3.63, 3.8) is 0 Å². The predicted octanol–water partition coefficient (Wildman–Crippen LogP) is -3.25. The highest BCUT2D eigenvalue weighted by atomic mass is 16.8. The Labute approximate surface area is 168 Å². The van der Waals surface area contributed by atoms with Crippen molar-refractivity contribution < 1.29 is 54.7 Å². The standard InChI is InChI=1S/C18H30O11/c1-3-8(2)4-5-26-18-16(14(24)12(22)10(7-20)28-18)29-17-15(25)13(23)11(21)9(6-19)27-17/h9-25H,1,4-7H2,2H3/t9-,10-,11-,12-,13+,14+,15+,16+,17-,18+/m1/s1. The van der Waals surface area contributed by atoms with E-state index in [0.717, 1.165) is 5.57 Å². The molecule has 0 aromatic rings. The highest BCUT2D eigenvalue weighted by Crippen LogP contribution is 2.29. The fourth-order valence-corrected chi connectivity index (χ4v) is 3.09. The lowest BCUT2D eigenvalue weighted by molar-refractivity contribution is -0.367. The first-order valence-corrected chi connectivity index (χ1v) is 9.30. The first-order valence-electron chi connectivity index (χ1n) is 9.30. The predicted molar refractivity (Wildman–Crippen MR) is 95.3 cm³/mol. The van der Waals surface area contributed by atoms with Gasteiger partial charge in [-0.15, -0.1) is 5.73 Å². The third-order valence-corrected chi connectivity index (χ3v) is 5.03. The molecule has 0 aromatic heterocycles. The monoisotopic (exact) mass is 422 g/mol. The van der Waals surface area contributed by atoms with Crippen LogP contribution in [0.15, 0.2) is 17.9 Å². The third kappa shape index (κ3) is 5.61. The summed E-state index contributed by atoms with van der Waals surface area (Å²) in [5.41, 5.74) is 3.51. The van der Waals surface area contributed by atoms with Crippen molar-refractivity contribution in [3.05, 3.63) is 17.9 Å². The molecule has 2 heterocycles. The molecule has 0 amide bonds. The molecule has 2 rings (SSSR count). The second-order valence-corrected chi connectivity index (χ2v) is 7.08. The second-order valence-electron chi connectivity index (χ2n) is 7.08. The van der Waals surface area contributed by atoms with Crippen molar-refractivity contribution in [2.75, 3.05) is 19.8 Å². The van der Waals surface area contributed by atoms with Gasteiger partial charge in [0.05, 0.1) is 19.8 Å². The Morgan fingerprint density at radius 3 is 1.97 bits per heavy atom. The molecule has 7 N–H and O–H groups in total. The topological polar surface area (TPSA) is 179 Å². The summed E-state index contributed by atoms with van der Waals surface area (Å²) >= 11 is 0. The average molecular weight is 422 g/mol.